The summed E-state index contributed by atoms with van der Waals surface area (Å²) < 4.78 is 0. The van der Waals surface area contributed by atoms with Crippen molar-refractivity contribution in [1.82, 2.24) is 5.32 Å². The van der Waals surface area contributed by atoms with Crippen LogP contribution in [0.25, 0.3) is 0 Å². The number of carbonyl (C=O) groups excluding carboxylic acids is 1. The van der Waals surface area contributed by atoms with Gasteiger partial charge in [-0.25, -0.2) is 0 Å². The van der Waals surface area contributed by atoms with Crippen LogP contribution in [-0.4, -0.2) is 24.2 Å². The van der Waals surface area contributed by atoms with Crippen molar-refractivity contribution in [2.45, 2.75) is 46.0 Å². The van der Waals surface area contributed by atoms with Crippen molar-refractivity contribution in [2.75, 3.05) is 13.2 Å². The van der Waals surface area contributed by atoms with E-state index in [1.165, 1.54) is 0 Å². The van der Waals surface area contributed by atoms with E-state index in [0.29, 0.717) is 12.3 Å². The average molecular weight is 201 g/mol. The number of hydrogen-bond donors (Lipinski definition) is 2. The molecule has 1 atom stereocenters. The number of carbonyl (C=O) groups is 1. The van der Waals surface area contributed by atoms with Crippen LogP contribution in [0, 0.1) is 5.92 Å². The van der Waals surface area contributed by atoms with Gasteiger partial charge in [0.25, 0.3) is 0 Å². The van der Waals surface area contributed by atoms with Crippen LogP contribution in [0.5, 0.6) is 0 Å². The molecule has 14 heavy (non-hydrogen) atoms. The van der Waals surface area contributed by atoms with E-state index in [4.69, 9.17) is 5.11 Å². The third kappa shape index (κ3) is 8.05. The lowest BCUT2D eigenvalue weighted by molar-refractivity contribution is -0.121. The van der Waals surface area contributed by atoms with Crippen molar-refractivity contribution in [2.24, 2.45) is 5.92 Å². The van der Waals surface area contributed by atoms with E-state index in [2.05, 4.69) is 19.2 Å². The quantitative estimate of drug-likeness (QED) is 0.587. The van der Waals surface area contributed by atoms with Crippen LogP contribution < -0.4 is 5.32 Å². The Hall–Kier alpha value is -0.570. The fourth-order valence-corrected chi connectivity index (χ4v) is 1.17. The number of hydrogen-bond acceptors (Lipinski definition) is 2. The lowest BCUT2D eigenvalue weighted by Crippen LogP contribution is -2.25. The Kier molecular flexibility index (Phi) is 8.64. The summed E-state index contributed by atoms with van der Waals surface area (Å²) >= 11 is 0. The van der Waals surface area contributed by atoms with E-state index >= 15 is 0 Å². The van der Waals surface area contributed by atoms with Crippen LogP contribution in [-0.2, 0) is 4.79 Å². The van der Waals surface area contributed by atoms with Crippen LogP contribution in [0.2, 0.25) is 0 Å². The first kappa shape index (κ1) is 13.4. The van der Waals surface area contributed by atoms with Gasteiger partial charge in [0, 0.05) is 19.6 Å². The van der Waals surface area contributed by atoms with Gasteiger partial charge < -0.3 is 10.4 Å². The molecule has 0 saturated carbocycles. The first-order valence-corrected chi connectivity index (χ1v) is 5.58. The summed E-state index contributed by atoms with van der Waals surface area (Å²) in [6.45, 7) is 5.18. The molecular weight excluding hydrogens is 178 g/mol. The predicted molar refractivity (Wildman–Crippen MR) is 58.0 cm³/mol. The molecule has 0 radical (unpaired) electrons. The Morgan fingerprint density at radius 3 is 2.64 bits per heavy atom. The molecule has 3 nitrogen and oxygen atoms in total. The Balaban J connectivity index is 3.27. The zero-order valence-electron chi connectivity index (χ0n) is 9.38. The molecule has 0 rings (SSSR count). The maximum Gasteiger partial charge on any atom is 0.220 e. The zero-order chi connectivity index (χ0) is 10.8. The monoisotopic (exact) mass is 201 g/mol. The SMILES string of the molecule is CCC(C)CC(=O)NCCCCCO. The highest BCUT2D eigenvalue weighted by Gasteiger charge is 2.05. The molecule has 0 aromatic rings. The Labute approximate surface area is 86.9 Å². The molecule has 0 aliphatic rings. The fourth-order valence-electron chi connectivity index (χ4n) is 1.17. The summed E-state index contributed by atoms with van der Waals surface area (Å²) in [5.41, 5.74) is 0. The van der Waals surface area contributed by atoms with Gasteiger partial charge in [0.2, 0.25) is 5.91 Å². The topological polar surface area (TPSA) is 49.3 Å². The van der Waals surface area contributed by atoms with Gasteiger partial charge in [-0.3, -0.25) is 4.79 Å². The summed E-state index contributed by atoms with van der Waals surface area (Å²) in [4.78, 5) is 11.3. The highest BCUT2D eigenvalue weighted by Crippen LogP contribution is 2.05. The fraction of sp³-hybridized carbons (Fsp3) is 0.909. The first-order chi connectivity index (χ1) is 6.70. The van der Waals surface area contributed by atoms with Gasteiger partial charge in [-0.1, -0.05) is 20.3 Å². The average Bonchev–Trinajstić information content (AvgIpc) is 2.17. The van der Waals surface area contributed by atoms with Crippen LogP contribution in [0.3, 0.4) is 0 Å². The minimum Gasteiger partial charge on any atom is -0.396 e. The van der Waals surface area contributed by atoms with Crippen molar-refractivity contribution in [1.29, 1.82) is 0 Å². The molecule has 3 heteroatoms. The molecule has 0 heterocycles. The maximum atomic E-state index is 11.3. The Bertz CT molecular complexity index is 148. The molecule has 0 aromatic carbocycles. The molecule has 0 fully saturated rings. The number of nitrogens with one attached hydrogen (secondary N) is 1. The molecule has 0 saturated heterocycles. The van der Waals surface area contributed by atoms with Crippen molar-refractivity contribution < 1.29 is 9.90 Å². The van der Waals surface area contributed by atoms with Crippen LogP contribution >= 0.6 is 0 Å². The molecule has 0 bridgehead atoms. The van der Waals surface area contributed by atoms with Gasteiger partial charge in [0.15, 0.2) is 0 Å². The Morgan fingerprint density at radius 1 is 1.36 bits per heavy atom. The molecule has 0 aliphatic heterocycles. The third-order valence-electron chi connectivity index (χ3n) is 2.39. The standard InChI is InChI=1S/C11H23NO2/c1-3-10(2)9-11(14)12-7-5-4-6-8-13/h10,13H,3-9H2,1-2H3,(H,12,14). The molecule has 0 aliphatic carbocycles. The summed E-state index contributed by atoms with van der Waals surface area (Å²) in [6, 6.07) is 0. The molecular formula is C11H23NO2. The first-order valence-electron chi connectivity index (χ1n) is 5.58. The lowest BCUT2D eigenvalue weighted by atomic mass is 10.1. The largest absolute Gasteiger partial charge is 0.396 e. The summed E-state index contributed by atoms with van der Waals surface area (Å²) in [6.07, 6.45) is 4.47. The lowest BCUT2D eigenvalue weighted by Gasteiger charge is -2.08. The van der Waals surface area contributed by atoms with Crippen molar-refractivity contribution in [3.63, 3.8) is 0 Å². The minimum atomic E-state index is 0.156. The smallest absolute Gasteiger partial charge is 0.220 e. The number of aliphatic hydroxyl groups is 1. The summed E-state index contributed by atoms with van der Waals surface area (Å²) in [5.74, 6) is 0.635. The molecule has 84 valence electrons. The highest BCUT2D eigenvalue weighted by atomic mass is 16.2. The second-order valence-corrected chi connectivity index (χ2v) is 3.85. The highest BCUT2D eigenvalue weighted by molar-refractivity contribution is 5.76. The second-order valence-electron chi connectivity index (χ2n) is 3.85. The minimum absolute atomic E-state index is 0.156. The van der Waals surface area contributed by atoms with Gasteiger partial charge in [-0.15, -0.1) is 0 Å². The van der Waals surface area contributed by atoms with E-state index in [1.54, 1.807) is 0 Å². The second kappa shape index (κ2) is 9.00. The van der Waals surface area contributed by atoms with Gasteiger partial charge in [-0.2, -0.15) is 0 Å². The molecule has 0 spiro atoms. The molecule has 1 amide bonds. The number of aliphatic hydroxyl groups excluding tert-OH is 1. The van der Waals surface area contributed by atoms with Gasteiger partial charge >= 0.3 is 0 Å². The molecule has 1 unspecified atom stereocenters. The third-order valence-corrected chi connectivity index (χ3v) is 2.39. The van der Waals surface area contributed by atoms with Crippen molar-refractivity contribution in [3.05, 3.63) is 0 Å². The van der Waals surface area contributed by atoms with Gasteiger partial charge in [0.05, 0.1) is 0 Å². The molecule has 0 aromatic heterocycles. The summed E-state index contributed by atoms with van der Waals surface area (Å²) in [7, 11) is 0. The van der Waals surface area contributed by atoms with Crippen LogP contribution in [0.15, 0.2) is 0 Å². The summed E-state index contributed by atoms with van der Waals surface area (Å²) in [5, 5.41) is 11.4. The van der Waals surface area contributed by atoms with E-state index in [0.717, 1.165) is 32.2 Å². The Morgan fingerprint density at radius 2 is 2.07 bits per heavy atom. The predicted octanol–water partition coefficient (Wildman–Crippen LogP) is 1.70. The van der Waals surface area contributed by atoms with E-state index < -0.39 is 0 Å². The van der Waals surface area contributed by atoms with Crippen LogP contribution in [0.1, 0.15) is 46.0 Å². The zero-order valence-corrected chi connectivity index (χ0v) is 9.38. The van der Waals surface area contributed by atoms with Crippen molar-refractivity contribution >= 4 is 5.91 Å². The van der Waals surface area contributed by atoms with E-state index in [9.17, 15) is 4.79 Å². The number of amides is 1. The van der Waals surface area contributed by atoms with Crippen LogP contribution in [0.4, 0.5) is 0 Å². The van der Waals surface area contributed by atoms with E-state index in [1.807, 2.05) is 0 Å². The van der Waals surface area contributed by atoms with Gasteiger partial charge in [0.1, 0.15) is 0 Å². The molecule has 2 N–H and O–H groups in total. The normalized spacial score (nSPS) is 12.5. The van der Waals surface area contributed by atoms with Crippen molar-refractivity contribution in [3.8, 4) is 0 Å². The number of unbranched alkanes of at least 4 members (excludes halogenated alkanes) is 2. The number of rotatable bonds is 8. The maximum absolute atomic E-state index is 11.3. The van der Waals surface area contributed by atoms with E-state index in [-0.39, 0.29) is 12.5 Å². The van der Waals surface area contributed by atoms with Gasteiger partial charge in [-0.05, 0) is 25.2 Å².